The minimum Gasteiger partial charge on any atom is -0.481 e. The summed E-state index contributed by atoms with van der Waals surface area (Å²) in [4.78, 5) is 36.9. The summed E-state index contributed by atoms with van der Waals surface area (Å²) in [5, 5.41) is 9.17. The van der Waals surface area contributed by atoms with Crippen molar-refractivity contribution in [2.75, 3.05) is 6.54 Å². The number of carbonyl (C=O) groups is 3. The van der Waals surface area contributed by atoms with Crippen LogP contribution in [0.2, 0.25) is 0 Å². The van der Waals surface area contributed by atoms with Gasteiger partial charge < -0.3 is 10.0 Å². The lowest BCUT2D eigenvalue weighted by Gasteiger charge is -2.37. The van der Waals surface area contributed by atoms with E-state index < -0.39 is 35.3 Å². The number of hydrogen-bond donors (Lipinski definition) is 1. The van der Waals surface area contributed by atoms with Crippen molar-refractivity contribution in [2.24, 2.45) is 5.92 Å². The van der Waals surface area contributed by atoms with E-state index in [9.17, 15) is 23.2 Å². The minimum absolute atomic E-state index is 0.0109. The highest BCUT2D eigenvalue weighted by molar-refractivity contribution is 5.98. The molecule has 1 fully saturated rings. The van der Waals surface area contributed by atoms with Crippen LogP contribution < -0.4 is 0 Å². The molecule has 0 radical (unpaired) electrons. The van der Waals surface area contributed by atoms with Gasteiger partial charge in [-0.3, -0.25) is 14.4 Å². The highest BCUT2D eigenvalue weighted by Gasteiger charge is 2.35. The standard InChI is InChI=1S/C17H19F2NO4/c1-10-12(17(23)24)3-2-8-20(10)16(22)7-6-15(21)11-4-5-13(18)14(19)9-11/h4-5,9-10,12H,2-3,6-8H2,1H3,(H,23,24)/t10-,12-/m1/s1. The Kier molecular flexibility index (Phi) is 5.64. The first-order valence-corrected chi connectivity index (χ1v) is 7.81. The first-order chi connectivity index (χ1) is 11.3. The molecule has 1 aliphatic heterocycles. The summed E-state index contributed by atoms with van der Waals surface area (Å²) in [6.45, 7) is 2.15. The number of carboxylic acids is 1. The Morgan fingerprint density at radius 2 is 1.92 bits per heavy atom. The van der Waals surface area contributed by atoms with Crippen LogP contribution in [0, 0.1) is 17.6 Å². The SMILES string of the molecule is C[C@@H]1[C@H](C(=O)O)CCCN1C(=O)CCC(=O)c1ccc(F)c(F)c1. The van der Waals surface area contributed by atoms with Crippen LogP contribution in [0.3, 0.4) is 0 Å². The molecule has 1 N–H and O–H groups in total. The number of ketones is 1. The molecule has 0 unspecified atom stereocenters. The van der Waals surface area contributed by atoms with E-state index in [0.29, 0.717) is 19.4 Å². The molecule has 1 saturated heterocycles. The zero-order valence-electron chi connectivity index (χ0n) is 13.3. The van der Waals surface area contributed by atoms with Crippen molar-refractivity contribution in [3.05, 3.63) is 35.4 Å². The topological polar surface area (TPSA) is 74.7 Å². The predicted octanol–water partition coefficient (Wildman–Crippen LogP) is 2.64. The largest absolute Gasteiger partial charge is 0.481 e. The zero-order chi connectivity index (χ0) is 17.9. The van der Waals surface area contributed by atoms with E-state index in [1.165, 1.54) is 11.0 Å². The highest BCUT2D eigenvalue weighted by atomic mass is 19.2. The maximum absolute atomic E-state index is 13.1. The lowest BCUT2D eigenvalue weighted by atomic mass is 9.90. The molecule has 0 aromatic heterocycles. The van der Waals surface area contributed by atoms with Crippen molar-refractivity contribution >= 4 is 17.7 Å². The molecule has 1 aromatic carbocycles. The first-order valence-electron chi connectivity index (χ1n) is 7.81. The number of piperidine rings is 1. The van der Waals surface area contributed by atoms with Gasteiger partial charge in [0.05, 0.1) is 5.92 Å². The Bertz CT molecular complexity index is 662. The molecule has 0 aliphatic carbocycles. The molecule has 1 heterocycles. The van der Waals surface area contributed by atoms with E-state index in [4.69, 9.17) is 5.11 Å². The third kappa shape index (κ3) is 3.96. The molecular weight excluding hydrogens is 320 g/mol. The number of aliphatic carboxylic acids is 1. The van der Waals surface area contributed by atoms with Crippen LogP contribution in [0.25, 0.3) is 0 Å². The summed E-state index contributed by atoms with van der Waals surface area (Å²) >= 11 is 0. The smallest absolute Gasteiger partial charge is 0.308 e. The lowest BCUT2D eigenvalue weighted by molar-refractivity contribution is -0.149. The minimum atomic E-state index is -1.11. The first kappa shape index (κ1) is 18.0. The molecule has 2 rings (SSSR count). The van der Waals surface area contributed by atoms with Crippen molar-refractivity contribution in [1.29, 1.82) is 0 Å². The molecule has 0 saturated carbocycles. The highest BCUT2D eigenvalue weighted by Crippen LogP contribution is 2.24. The van der Waals surface area contributed by atoms with Crippen molar-refractivity contribution in [2.45, 2.75) is 38.6 Å². The molecule has 5 nitrogen and oxygen atoms in total. The number of nitrogens with zero attached hydrogens (tertiary/aromatic N) is 1. The van der Waals surface area contributed by atoms with Gasteiger partial charge in [-0.25, -0.2) is 8.78 Å². The van der Waals surface area contributed by atoms with Crippen molar-refractivity contribution in [3.63, 3.8) is 0 Å². The Hall–Kier alpha value is -2.31. The third-order valence-corrected chi connectivity index (χ3v) is 4.43. The number of benzene rings is 1. The van der Waals surface area contributed by atoms with Crippen LogP contribution >= 0.6 is 0 Å². The van der Waals surface area contributed by atoms with Crippen LogP contribution in [0.4, 0.5) is 8.78 Å². The number of carbonyl (C=O) groups excluding carboxylic acids is 2. The molecule has 2 atom stereocenters. The molecule has 1 aromatic rings. The maximum Gasteiger partial charge on any atom is 0.308 e. The summed E-state index contributed by atoms with van der Waals surface area (Å²) in [5.74, 6) is -4.45. The van der Waals surface area contributed by atoms with E-state index in [0.717, 1.165) is 12.1 Å². The third-order valence-electron chi connectivity index (χ3n) is 4.43. The summed E-state index contributed by atoms with van der Waals surface area (Å²) in [5.41, 5.74) is 0.0109. The molecule has 1 amide bonds. The van der Waals surface area contributed by atoms with Crippen LogP contribution in [-0.4, -0.2) is 40.3 Å². The summed E-state index contributed by atoms with van der Waals surface area (Å²) in [7, 11) is 0. The summed E-state index contributed by atoms with van der Waals surface area (Å²) in [6, 6.07) is 2.43. The molecule has 0 spiro atoms. The molecule has 130 valence electrons. The van der Waals surface area contributed by atoms with E-state index in [1.54, 1.807) is 6.92 Å². The monoisotopic (exact) mass is 339 g/mol. The van der Waals surface area contributed by atoms with E-state index in [2.05, 4.69) is 0 Å². The quantitative estimate of drug-likeness (QED) is 0.837. The van der Waals surface area contributed by atoms with Gasteiger partial charge in [0.2, 0.25) is 5.91 Å². The van der Waals surface area contributed by atoms with Gasteiger partial charge in [0, 0.05) is 31.0 Å². The number of halogens is 2. The van der Waals surface area contributed by atoms with Crippen LogP contribution in [0.1, 0.15) is 43.0 Å². The number of likely N-dealkylation sites (tertiary alicyclic amines) is 1. The van der Waals surface area contributed by atoms with Gasteiger partial charge in [0.15, 0.2) is 17.4 Å². The Morgan fingerprint density at radius 3 is 2.54 bits per heavy atom. The average Bonchev–Trinajstić information content (AvgIpc) is 2.54. The van der Waals surface area contributed by atoms with E-state index in [-0.39, 0.29) is 24.3 Å². The fourth-order valence-electron chi connectivity index (χ4n) is 3.00. The normalized spacial score (nSPS) is 20.7. The van der Waals surface area contributed by atoms with Crippen LogP contribution in [0.15, 0.2) is 18.2 Å². The van der Waals surface area contributed by atoms with Crippen LogP contribution in [0.5, 0.6) is 0 Å². The number of rotatable bonds is 5. The van der Waals surface area contributed by atoms with Crippen LogP contribution in [-0.2, 0) is 9.59 Å². The Balaban J connectivity index is 1.95. The fourth-order valence-corrected chi connectivity index (χ4v) is 3.00. The van der Waals surface area contributed by atoms with E-state index >= 15 is 0 Å². The summed E-state index contributed by atoms with van der Waals surface area (Å²) in [6.07, 6.45) is 0.900. The molecule has 0 bridgehead atoms. The average molecular weight is 339 g/mol. The van der Waals surface area contributed by atoms with Gasteiger partial charge >= 0.3 is 5.97 Å². The van der Waals surface area contributed by atoms with Crippen molar-refractivity contribution in [3.8, 4) is 0 Å². The fraction of sp³-hybridized carbons (Fsp3) is 0.471. The Labute approximate surface area is 138 Å². The molecule has 24 heavy (non-hydrogen) atoms. The van der Waals surface area contributed by atoms with E-state index in [1.807, 2.05) is 0 Å². The van der Waals surface area contributed by atoms with Gasteiger partial charge in [0.25, 0.3) is 0 Å². The number of Topliss-reactive ketones (excluding diaryl/α,β-unsaturated/α-hetero) is 1. The number of carboxylic acid groups (broad SMARTS) is 1. The predicted molar refractivity (Wildman–Crippen MR) is 81.5 cm³/mol. The second-order valence-electron chi connectivity index (χ2n) is 5.97. The molecule has 1 aliphatic rings. The Morgan fingerprint density at radius 1 is 1.21 bits per heavy atom. The molecular formula is C17H19F2NO4. The molecule has 7 heteroatoms. The van der Waals surface area contributed by atoms with Gasteiger partial charge in [0.1, 0.15) is 0 Å². The van der Waals surface area contributed by atoms with Gasteiger partial charge in [-0.15, -0.1) is 0 Å². The second-order valence-corrected chi connectivity index (χ2v) is 5.97. The maximum atomic E-state index is 13.1. The van der Waals surface area contributed by atoms with Gasteiger partial charge in [-0.1, -0.05) is 0 Å². The van der Waals surface area contributed by atoms with Gasteiger partial charge in [-0.05, 0) is 38.0 Å². The zero-order valence-corrected chi connectivity index (χ0v) is 13.3. The lowest BCUT2D eigenvalue weighted by Crippen LogP contribution is -2.49. The number of hydrogen-bond acceptors (Lipinski definition) is 3. The van der Waals surface area contributed by atoms with Crippen molar-refractivity contribution in [1.82, 2.24) is 4.90 Å². The van der Waals surface area contributed by atoms with Crippen molar-refractivity contribution < 1.29 is 28.3 Å². The summed E-state index contributed by atoms with van der Waals surface area (Å²) < 4.78 is 26.0. The second kappa shape index (κ2) is 7.51. The van der Waals surface area contributed by atoms with Gasteiger partial charge in [-0.2, -0.15) is 0 Å². The number of amides is 1.